The summed E-state index contributed by atoms with van der Waals surface area (Å²) >= 11 is 0. The van der Waals surface area contributed by atoms with E-state index >= 15 is 0 Å². The van der Waals surface area contributed by atoms with Crippen LogP contribution in [0.3, 0.4) is 0 Å². The predicted molar refractivity (Wildman–Crippen MR) is 150 cm³/mol. The molecule has 1 N–H and O–H groups in total. The summed E-state index contributed by atoms with van der Waals surface area (Å²) in [7, 11) is 1.65. The molecule has 2 aliphatic rings. The van der Waals surface area contributed by atoms with Gasteiger partial charge in [0.05, 0.1) is 19.6 Å². The number of hydrogen-bond acceptors (Lipinski definition) is 6. The molecule has 2 unspecified atom stereocenters. The van der Waals surface area contributed by atoms with Gasteiger partial charge in [0.25, 0.3) is 0 Å². The Morgan fingerprint density at radius 2 is 1.77 bits per heavy atom. The number of amides is 1. The molecule has 2 aromatic rings. The van der Waals surface area contributed by atoms with E-state index in [1.807, 2.05) is 47.4 Å². The lowest BCUT2D eigenvalue weighted by Crippen LogP contribution is -2.44. The van der Waals surface area contributed by atoms with Gasteiger partial charge in [0, 0.05) is 31.6 Å². The Balaban J connectivity index is 1.61. The molecule has 0 aromatic heterocycles. The zero-order valence-corrected chi connectivity index (χ0v) is 23.4. The summed E-state index contributed by atoms with van der Waals surface area (Å²) < 4.78 is 16.6. The van der Waals surface area contributed by atoms with Gasteiger partial charge >= 0.3 is 5.97 Å². The molecule has 3 atom stereocenters. The minimum Gasteiger partial charge on any atom is -0.496 e. The van der Waals surface area contributed by atoms with E-state index in [9.17, 15) is 14.7 Å². The first kappa shape index (κ1) is 28.7. The largest absolute Gasteiger partial charge is 0.496 e. The fourth-order valence-electron chi connectivity index (χ4n) is 5.88. The number of hydrogen-bond donors (Lipinski definition) is 1. The van der Waals surface area contributed by atoms with Gasteiger partial charge in [-0.1, -0.05) is 51.0 Å². The molecule has 212 valence electrons. The number of carboxylic acid groups (broad SMARTS) is 1. The molecule has 2 aliphatic heterocycles. The number of unbranched alkanes of at least 4 members (excludes halogenated alkanes) is 2. The van der Waals surface area contributed by atoms with Gasteiger partial charge in [0.1, 0.15) is 5.75 Å². The lowest BCUT2D eigenvalue weighted by Gasteiger charge is -2.30. The Morgan fingerprint density at radius 1 is 1.05 bits per heavy atom. The minimum atomic E-state index is -0.841. The number of benzene rings is 2. The van der Waals surface area contributed by atoms with Gasteiger partial charge in [-0.15, -0.1) is 0 Å². The predicted octanol–water partition coefficient (Wildman–Crippen LogP) is 4.95. The highest BCUT2D eigenvalue weighted by atomic mass is 16.7. The van der Waals surface area contributed by atoms with Crippen molar-refractivity contribution in [2.75, 3.05) is 40.1 Å². The second-order valence-electron chi connectivity index (χ2n) is 10.5. The second-order valence-corrected chi connectivity index (χ2v) is 10.5. The van der Waals surface area contributed by atoms with E-state index in [0.29, 0.717) is 30.9 Å². The first-order chi connectivity index (χ1) is 19.0. The van der Waals surface area contributed by atoms with Crippen LogP contribution in [-0.2, 0) is 16.0 Å². The van der Waals surface area contributed by atoms with Crippen molar-refractivity contribution in [2.24, 2.45) is 5.92 Å². The summed E-state index contributed by atoms with van der Waals surface area (Å²) in [4.78, 5) is 30.5. The number of methoxy groups -OCH3 is 1. The average Bonchev–Trinajstić information content (AvgIpc) is 3.56. The van der Waals surface area contributed by atoms with Crippen molar-refractivity contribution in [2.45, 2.75) is 64.3 Å². The van der Waals surface area contributed by atoms with E-state index in [4.69, 9.17) is 14.2 Å². The monoisotopic (exact) mass is 538 g/mol. The highest BCUT2D eigenvalue weighted by molar-refractivity contribution is 5.79. The average molecular weight is 539 g/mol. The van der Waals surface area contributed by atoms with E-state index < -0.39 is 11.9 Å². The van der Waals surface area contributed by atoms with Crippen molar-refractivity contribution < 1.29 is 28.9 Å². The standard InChI is InChI=1S/C31H42N2O6/c1-4-6-16-32(17-7-5-2)29(34)20-33-19-24(23-13-15-27-28(18-23)39-21-38-27)30(31(35)36)25(33)14-12-22-10-8-9-11-26(22)37-3/h8-11,13,15,18,24-25,30H,4-7,12,14,16-17,19-21H2,1-3H3,(H,35,36)/t24-,25?,30?/m1/s1. The zero-order valence-electron chi connectivity index (χ0n) is 23.4. The lowest BCUT2D eigenvalue weighted by molar-refractivity contribution is -0.143. The summed E-state index contributed by atoms with van der Waals surface area (Å²) in [5.74, 6) is 0.413. The van der Waals surface area contributed by atoms with Crippen LogP contribution < -0.4 is 14.2 Å². The van der Waals surface area contributed by atoms with E-state index in [2.05, 4.69) is 18.7 Å². The fourth-order valence-corrected chi connectivity index (χ4v) is 5.88. The molecule has 1 fully saturated rings. The number of carbonyl (C=O) groups excluding carboxylic acids is 1. The van der Waals surface area contributed by atoms with Crippen molar-refractivity contribution in [3.05, 3.63) is 53.6 Å². The maximum absolute atomic E-state index is 13.6. The Kier molecular flexibility index (Phi) is 10.1. The zero-order chi connectivity index (χ0) is 27.8. The number of aliphatic carboxylic acids is 1. The van der Waals surface area contributed by atoms with Crippen molar-refractivity contribution in [1.29, 1.82) is 0 Å². The van der Waals surface area contributed by atoms with Crippen LogP contribution in [0.5, 0.6) is 17.2 Å². The van der Waals surface area contributed by atoms with Crippen LogP contribution in [0.25, 0.3) is 0 Å². The molecule has 0 aliphatic carbocycles. The topological polar surface area (TPSA) is 88.5 Å². The van der Waals surface area contributed by atoms with Crippen LogP contribution in [-0.4, -0.2) is 72.9 Å². The number of carboxylic acids is 1. The first-order valence-corrected chi connectivity index (χ1v) is 14.2. The quantitative estimate of drug-likeness (QED) is 0.364. The van der Waals surface area contributed by atoms with Gasteiger partial charge in [0.15, 0.2) is 11.5 Å². The first-order valence-electron chi connectivity index (χ1n) is 14.2. The number of carbonyl (C=O) groups is 2. The Bertz CT molecular complexity index is 1110. The van der Waals surface area contributed by atoms with Gasteiger partial charge in [-0.05, 0) is 55.0 Å². The third kappa shape index (κ3) is 6.85. The number of likely N-dealkylation sites (tertiary alicyclic amines) is 1. The highest BCUT2D eigenvalue weighted by Gasteiger charge is 2.47. The maximum Gasteiger partial charge on any atom is 0.308 e. The molecule has 39 heavy (non-hydrogen) atoms. The van der Waals surface area contributed by atoms with Crippen molar-refractivity contribution >= 4 is 11.9 Å². The van der Waals surface area contributed by atoms with Crippen LogP contribution in [0.4, 0.5) is 0 Å². The van der Waals surface area contributed by atoms with Gasteiger partial charge in [-0.3, -0.25) is 14.5 Å². The molecule has 0 bridgehead atoms. The lowest BCUT2D eigenvalue weighted by atomic mass is 9.83. The Hall–Kier alpha value is -3.26. The third-order valence-electron chi connectivity index (χ3n) is 8.01. The molecular formula is C31H42N2O6. The molecule has 4 rings (SSSR count). The number of fused-ring (bicyclic) bond motifs is 1. The van der Waals surface area contributed by atoms with Crippen LogP contribution in [0.1, 0.15) is 63.0 Å². The molecular weight excluding hydrogens is 496 g/mol. The van der Waals surface area contributed by atoms with Crippen molar-refractivity contribution in [3.63, 3.8) is 0 Å². The highest BCUT2D eigenvalue weighted by Crippen LogP contribution is 2.43. The fraction of sp³-hybridized carbons (Fsp3) is 0.548. The molecule has 2 heterocycles. The molecule has 2 aromatic carbocycles. The van der Waals surface area contributed by atoms with Gasteiger partial charge < -0.3 is 24.2 Å². The Morgan fingerprint density at radius 3 is 2.46 bits per heavy atom. The molecule has 1 saturated heterocycles. The molecule has 0 saturated carbocycles. The van der Waals surface area contributed by atoms with Crippen LogP contribution in [0, 0.1) is 5.92 Å². The van der Waals surface area contributed by atoms with E-state index in [1.54, 1.807) is 7.11 Å². The van der Waals surface area contributed by atoms with Crippen LogP contribution >= 0.6 is 0 Å². The van der Waals surface area contributed by atoms with Crippen molar-refractivity contribution in [1.82, 2.24) is 9.80 Å². The molecule has 8 nitrogen and oxygen atoms in total. The number of nitrogens with zero attached hydrogens (tertiary/aromatic N) is 2. The van der Waals surface area contributed by atoms with Gasteiger partial charge in [-0.25, -0.2) is 0 Å². The third-order valence-corrected chi connectivity index (χ3v) is 8.01. The number of rotatable bonds is 14. The normalized spacial score (nSPS) is 20.2. The number of aryl methyl sites for hydroxylation is 1. The van der Waals surface area contributed by atoms with Crippen LogP contribution in [0.15, 0.2) is 42.5 Å². The minimum absolute atomic E-state index is 0.0784. The van der Waals surface area contributed by atoms with Crippen molar-refractivity contribution in [3.8, 4) is 17.2 Å². The number of para-hydroxylation sites is 1. The summed E-state index contributed by atoms with van der Waals surface area (Å²) in [6.07, 6.45) is 5.24. The van der Waals surface area contributed by atoms with E-state index in [0.717, 1.165) is 55.6 Å². The molecule has 0 spiro atoms. The van der Waals surface area contributed by atoms with Gasteiger partial charge in [-0.2, -0.15) is 0 Å². The Labute approximate surface area is 231 Å². The SMILES string of the molecule is CCCCN(CCCC)C(=O)CN1C[C@H](c2ccc3c(c2)OCO3)C(C(=O)O)C1CCc1ccccc1OC. The summed E-state index contributed by atoms with van der Waals surface area (Å²) in [6, 6.07) is 13.2. The summed E-state index contributed by atoms with van der Waals surface area (Å²) in [6.45, 7) is 6.61. The van der Waals surface area contributed by atoms with Crippen LogP contribution in [0.2, 0.25) is 0 Å². The van der Waals surface area contributed by atoms with E-state index in [-0.39, 0.29) is 31.2 Å². The number of ether oxygens (including phenoxy) is 3. The molecule has 0 radical (unpaired) electrons. The van der Waals surface area contributed by atoms with E-state index in [1.165, 1.54) is 0 Å². The summed E-state index contributed by atoms with van der Waals surface area (Å²) in [5.41, 5.74) is 1.94. The second kappa shape index (κ2) is 13.7. The molecule has 1 amide bonds. The molecule has 8 heteroatoms. The maximum atomic E-state index is 13.6. The summed E-state index contributed by atoms with van der Waals surface area (Å²) in [5, 5.41) is 10.5. The van der Waals surface area contributed by atoms with Gasteiger partial charge in [0.2, 0.25) is 12.7 Å². The smallest absolute Gasteiger partial charge is 0.308 e.